The van der Waals surface area contributed by atoms with E-state index in [9.17, 15) is 29.4 Å². The quantitative estimate of drug-likeness (QED) is 0.0905. The van der Waals surface area contributed by atoms with E-state index in [1.165, 1.54) is 24.3 Å². The number of rotatable bonds is 11. The summed E-state index contributed by atoms with van der Waals surface area (Å²) in [5.74, 6) is -0.845. The first kappa shape index (κ1) is 42.3. The third-order valence-electron chi connectivity index (χ3n) is 6.43. The van der Waals surface area contributed by atoms with Gasteiger partial charge in [0.15, 0.2) is 0 Å². The average molecular weight is 699 g/mol. The maximum Gasteiger partial charge on any atom is 0.339 e. The number of carboxylic acids is 1. The molecule has 272 valence electrons. The molecule has 2 aromatic carbocycles. The lowest BCUT2D eigenvalue weighted by atomic mass is 10.0. The Kier molecular flexibility index (Phi) is 18.6. The number of carbonyl (C=O) groups excluding carboxylic acids is 1. The van der Waals surface area contributed by atoms with E-state index < -0.39 is 17.2 Å². The lowest BCUT2D eigenvalue weighted by Gasteiger charge is -2.07. The molecule has 0 aliphatic heterocycles. The number of ketones is 1. The highest BCUT2D eigenvalue weighted by Gasteiger charge is 2.16. The summed E-state index contributed by atoms with van der Waals surface area (Å²) >= 11 is 0. The molecule has 0 aliphatic carbocycles. The summed E-state index contributed by atoms with van der Waals surface area (Å²) in [6.07, 6.45) is 6.05. The molecule has 7 N–H and O–H groups in total. The Morgan fingerprint density at radius 2 is 1.04 bits per heavy atom. The number of hydrogen-bond acceptors (Lipinski definition) is 12. The minimum atomic E-state index is -1.18. The third kappa shape index (κ3) is 16.4. The van der Waals surface area contributed by atoms with Gasteiger partial charge in [0, 0.05) is 37.1 Å². The number of Topliss-reactive ketones (excluding diaryl/α,β-unsaturated/α-hetero) is 1. The van der Waals surface area contributed by atoms with Crippen molar-refractivity contribution in [3.8, 4) is 34.5 Å². The van der Waals surface area contributed by atoms with Crippen molar-refractivity contribution >= 4 is 11.8 Å². The van der Waals surface area contributed by atoms with Gasteiger partial charge in [-0.3, -0.25) is 4.79 Å². The van der Waals surface area contributed by atoms with Gasteiger partial charge in [0.25, 0.3) is 0 Å². The van der Waals surface area contributed by atoms with E-state index in [2.05, 4.69) is 6.92 Å². The summed E-state index contributed by atoms with van der Waals surface area (Å²) < 4.78 is 9.52. The SMILES string of the molecule is CCCC(=O)Cc1cc(O)cc(=O)o1.CCCc1cc(O)cc(=O)o1.CCCc1cc(O)cc(O)c1.CCCc1cc(O)cc(O)c1C(=O)O. The minimum absolute atomic E-state index is 0.00116. The summed E-state index contributed by atoms with van der Waals surface area (Å²) in [6, 6.07) is 11.8. The molecule has 0 saturated heterocycles. The fourth-order valence-corrected chi connectivity index (χ4v) is 4.52. The van der Waals surface area contributed by atoms with E-state index in [1.807, 2.05) is 20.8 Å². The number of aromatic hydroxyl groups is 6. The highest BCUT2D eigenvalue weighted by molar-refractivity contribution is 5.92. The number of aryl methyl sites for hydroxylation is 3. The van der Waals surface area contributed by atoms with Gasteiger partial charge < -0.3 is 44.6 Å². The molecule has 0 amide bonds. The first-order valence-corrected chi connectivity index (χ1v) is 16.1. The van der Waals surface area contributed by atoms with Crippen molar-refractivity contribution in [2.24, 2.45) is 0 Å². The van der Waals surface area contributed by atoms with Crippen LogP contribution in [0.1, 0.15) is 92.8 Å². The van der Waals surface area contributed by atoms with E-state index in [-0.39, 0.29) is 58.0 Å². The summed E-state index contributed by atoms with van der Waals surface area (Å²) in [7, 11) is 0. The number of phenols is 4. The summed E-state index contributed by atoms with van der Waals surface area (Å²) in [5.41, 5.74) is 0.185. The summed E-state index contributed by atoms with van der Waals surface area (Å²) in [5, 5.41) is 63.5. The van der Waals surface area contributed by atoms with Crippen LogP contribution in [0.3, 0.4) is 0 Å². The number of carboxylic acid groups (broad SMARTS) is 1. The topological polar surface area (TPSA) is 236 Å². The first-order valence-electron chi connectivity index (χ1n) is 16.1. The van der Waals surface area contributed by atoms with Crippen LogP contribution in [-0.4, -0.2) is 47.5 Å². The number of hydrogen-bond donors (Lipinski definition) is 7. The monoisotopic (exact) mass is 698 g/mol. The molecule has 0 spiro atoms. The lowest BCUT2D eigenvalue weighted by molar-refractivity contribution is -0.118. The van der Waals surface area contributed by atoms with E-state index in [4.69, 9.17) is 34.4 Å². The van der Waals surface area contributed by atoms with E-state index in [0.717, 1.165) is 55.9 Å². The zero-order chi connectivity index (χ0) is 37.8. The van der Waals surface area contributed by atoms with E-state index in [1.54, 1.807) is 12.1 Å². The molecular formula is C37H46O13. The lowest BCUT2D eigenvalue weighted by Crippen LogP contribution is -2.05. The molecule has 4 rings (SSSR count). The van der Waals surface area contributed by atoms with Gasteiger partial charge in [0.05, 0.1) is 18.6 Å². The molecule has 0 atom stereocenters. The van der Waals surface area contributed by atoms with Crippen molar-refractivity contribution in [1.82, 2.24) is 0 Å². The van der Waals surface area contributed by atoms with Gasteiger partial charge >= 0.3 is 17.2 Å². The van der Waals surface area contributed by atoms with Crippen molar-refractivity contribution in [1.29, 1.82) is 0 Å². The normalized spacial score (nSPS) is 10.0. The molecule has 2 aromatic heterocycles. The zero-order valence-corrected chi connectivity index (χ0v) is 28.6. The Morgan fingerprint density at radius 3 is 1.52 bits per heavy atom. The van der Waals surface area contributed by atoms with Crippen LogP contribution in [0.15, 0.2) is 73.0 Å². The predicted molar refractivity (Wildman–Crippen MR) is 185 cm³/mol. The van der Waals surface area contributed by atoms with Crippen LogP contribution in [0.5, 0.6) is 34.5 Å². The average Bonchev–Trinajstić information content (AvgIpc) is 2.97. The van der Waals surface area contributed by atoms with Gasteiger partial charge in [-0.2, -0.15) is 0 Å². The van der Waals surface area contributed by atoms with E-state index in [0.29, 0.717) is 30.6 Å². The number of carbonyl (C=O) groups is 2. The van der Waals surface area contributed by atoms with Crippen molar-refractivity contribution in [3.63, 3.8) is 0 Å². The second kappa shape index (κ2) is 22.0. The van der Waals surface area contributed by atoms with Crippen LogP contribution in [-0.2, 0) is 30.5 Å². The van der Waals surface area contributed by atoms with Crippen molar-refractivity contribution in [3.05, 3.63) is 104 Å². The molecular weight excluding hydrogens is 652 g/mol. The van der Waals surface area contributed by atoms with Crippen molar-refractivity contribution < 1.29 is 54.2 Å². The molecule has 2 heterocycles. The molecule has 13 heteroatoms. The van der Waals surface area contributed by atoms with Crippen LogP contribution in [0.2, 0.25) is 0 Å². The summed E-state index contributed by atoms with van der Waals surface area (Å²) in [4.78, 5) is 43.5. The Hall–Kier alpha value is -5.72. The maximum absolute atomic E-state index is 11.2. The van der Waals surface area contributed by atoms with Crippen LogP contribution >= 0.6 is 0 Å². The van der Waals surface area contributed by atoms with Gasteiger partial charge in [-0.15, -0.1) is 0 Å². The van der Waals surface area contributed by atoms with E-state index >= 15 is 0 Å². The highest BCUT2D eigenvalue weighted by atomic mass is 16.4. The number of aromatic carboxylic acids is 1. The Morgan fingerprint density at radius 1 is 0.560 bits per heavy atom. The predicted octanol–water partition coefficient (Wildman–Crippen LogP) is 6.35. The van der Waals surface area contributed by atoms with Gasteiger partial charge in [-0.25, -0.2) is 14.4 Å². The van der Waals surface area contributed by atoms with Crippen LogP contribution in [0, 0.1) is 0 Å². The van der Waals surface area contributed by atoms with Crippen LogP contribution < -0.4 is 11.3 Å². The van der Waals surface area contributed by atoms with Gasteiger partial charge in [0.1, 0.15) is 57.4 Å². The van der Waals surface area contributed by atoms with Gasteiger partial charge in [0.2, 0.25) is 0 Å². The summed E-state index contributed by atoms with van der Waals surface area (Å²) in [6.45, 7) is 7.83. The third-order valence-corrected chi connectivity index (χ3v) is 6.43. The maximum atomic E-state index is 11.2. The van der Waals surface area contributed by atoms with Gasteiger partial charge in [-0.05, 0) is 55.0 Å². The molecule has 0 fully saturated rings. The zero-order valence-electron chi connectivity index (χ0n) is 28.6. The minimum Gasteiger partial charge on any atom is -0.508 e. The molecule has 50 heavy (non-hydrogen) atoms. The number of benzene rings is 2. The van der Waals surface area contributed by atoms with Crippen LogP contribution in [0.25, 0.3) is 0 Å². The second-order valence-corrected chi connectivity index (χ2v) is 11.1. The van der Waals surface area contributed by atoms with Crippen molar-refractivity contribution in [2.45, 2.75) is 85.5 Å². The molecule has 0 radical (unpaired) electrons. The fraction of sp³-hybridized carbons (Fsp3) is 0.351. The molecule has 0 saturated carbocycles. The molecule has 13 nitrogen and oxygen atoms in total. The Bertz CT molecular complexity index is 1770. The molecule has 0 unspecified atom stereocenters. The standard InChI is InChI=1S/2C10H12O4.C9H12O2.C8H10O3/c1-2-3-7(11)4-9-5-8(12)6-10(13)14-9;1-2-3-6-4-7(11)5-8(12)9(6)10(13)14;1-2-3-7-4-8(10)6-9(11)5-7;1-2-3-7-4-6(9)5-8(10)11-7/h5-6,12H,2-4H2,1H3;4-5,11-12H,2-3H2,1H3,(H,13,14);4-6,10-11H,2-3H2,1H3;4-5,9H,2-3H2,1H3. The smallest absolute Gasteiger partial charge is 0.339 e. The Labute approximate surface area is 289 Å². The molecule has 0 aliphatic rings. The largest absolute Gasteiger partial charge is 0.508 e. The Balaban J connectivity index is 0.000000335. The first-order chi connectivity index (χ1) is 23.6. The second-order valence-electron chi connectivity index (χ2n) is 11.1. The molecule has 4 aromatic rings. The highest BCUT2D eigenvalue weighted by Crippen LogP contribution is 2.28. The van der Waals surface area contributed by atoms with Gasteiger partial charge in [-0.1, -0.05) is 40.5 Å². The number of phenolic OH excluding ortho intramolecular Hbond substituents is 3. The van der Waals surface area contributed by atoms with Crippen molar-refractivity contribution in [2.75, 3.05) is 0 Å². The molecule has 0 bridgehead atoms. The fourth-order valence-electron chi connectivity index (χ4n) is 4.52. The van der Waals surface area contributed by atoms with Crippen LogP contribution in [0.4, 0.5) is 0 Å².